The molecule has 0 aliphatic rings. The van der Waals surface area contributed by atoms with Crippen molar-refractivity contribution in [2.45, 2.75) is 46.6 Å². The Morgan fingerprint density at radius 2 is 1.67 bits per heavy atom. The number of nitrogens with zero attached hydrogens (tertiary/aromatic N) is 1. The minimum Gasteiger partial charge on any atom is -0.291 e. The van der Waals surface area contributed by atoms with Crippen molar-refractivity contribution in [3.05, 3.63) is 12.7 Å². The van der Waals surface area contributed by atoms with E-state index in [1.54, 1.807) is 0 Å². The number of aliphatic imine (C=N–C) groups is 1. The Bertz CT molecular complexity index is 170. The van der Waals surface area contributed by atoms with Crippen LogP contribution >= 0.6 is 0 Å². The summed E-state index contributed by atoms with van der Waals surface area (Å²) in [6.07, 6.45) is 4.95. The van der Waals surface area contributed by atoms with Gasteiger partial charge in [0.2, 0.25) is 0 Å². The fourth-order valence-electron chi connectivity index (χ4n) is 0.793. The highest BCUT2D eigenvalue weighted by Gasteiger charge is 2.14. The molecule has 0 aromatic rings. The van der Waals surface area contributed by atoms with Crippen LogP contribution in [0.3, 0.4) is 0 Å². The van der Waals surface area contributed by atoms with Gasteiger partial charge in [0.25, 0.3) is 0 Å². The number of rotatable bonds is 3. The molecular formula is C11H21N. The van der Waals surface area contributed by atoms with Gasteiger partial charge in [-0.25, -0.2) is 0 Å². The topological polar surface area (TPSA) is 12.4 Å². The predicted molar refractivity (Wildman–Crippen MR) is 56.8 cm³/mol. The molecule has 12 heavy (non-hydrogen) atoms. The van der Waals surface area contributed by atoms with Crippen molar-refractivity contribution in [3.8, 4) is 0 Å². The van der Waals surface area contributed by atoms with Gasteiger partial charge in [-0.05, 0) is 27.2 Å². The second kappa shape index (κ2) is 3.88. The number of hydrogen-bond donors (Lipinski definition) is 0. The molecule has 0 saturated heterocycles. The first-order chi connectivity index (χ1) is 5.27. The molecule has 0 spiro atoms. The van der Waals surface area contributed by atoms with Crippen LogP contribution in [0.2, 0.25) is 0 Å². The molecule has 0 amide bonds. The summed E-state index contributed by atoms with van der Waals surface area (Å²) >= 11 is 0. The lowest BCUT2D eigenvalue weighted by Crippen LogP contribution is -2.17. The summed E-state index contributed by atoms with van der Waals surface area (Å²) in [5, 5.41) is 0. The van der Waals surface area contributed by atoms with Crippen LogP contribution in [-0.2, 0) is 0 Å². The van der Waals surface area contributed by atoms with Crippen LogP contribution in [0.15, 0.2) is 17.6 Å². The van der Waals surface area contributed by atoms with Crippen LogP contribution in [0, 0.1) is 5.41 Å². The SMILES string of the molecule is C=CCC(C)(C)C=NC(C)(C)C. The Morgan fingerprint density at radius 1 is 1.17 bits per heavy atom. The van der Waals surface area contributed by atoms with Crippen molar-refractivity contribution in [1.82, 2.24) is 0 Å². The van der Waals surface area contributed by atoms with E-state index in [1.807, 2.05) is 12.3 Å². The van der Waals surface area contributed by atoms with E-state index in [1.165, 1.54) is 0 Å². The third-order valence-corrected chi connectivity index (χ3v) is 1.47. The smallest absolute Gasteiger partial charge is 0.0520 e. The summed E-state index contributed by atoms with van der Waals surface area (Å²) in [7, 11) is 0. The first kappa shape index (κ1) is 11.4. The second-order valence-corrected chi connectivity index (χ2v) is 4.91. The largest absolute Gasteiger partial charge is 0.291 e. The fraction of sp³-hybridized carbons (Fsp3) is 0.727. The summed E-state index contributed by atoms with van der Waals surface area (Å²) in [4.78, 5) is 4.47. The van der Waals surface area contributed by atoms with Gasteiger partial charge in [0.15, 0.2) is 0 Å². The van der Waals surface area contributed by atoms with Gasteiger partial charge in [-0.15, -0.1) is 6.58 Å². The molecule has 0 rings (SSSR count). The normalized spacial score (nSPS) is 13.8. The lowest BCUT2D eigenvalue weighted by atomic mass is 9.91. The maximum absolute atomic E-state index is 4.47. The van der Waals surface area contributed by atoms with Gasteiger partial charge in [-0.1, -0.05) is 19.9 Å². The molecule has 0 N–H and O–H groups in total. The van der Waals surface area contributed by atoms with Crippen LogP contribution < -0.4 is 0 Å². The van der Waals surface area contributed by atoms with Gasteiger partial charge in [-0.3, -0.25) is 4.99 Å². The molecule has 0 aromatic carbocycles. The van der Waals surface area contributed by atoms with E-state index in [4.69, 9.17) is 0 Å². The maximum Gasteiger partial charge on any atom is 0.0520 e. The van der Waals surface area contributed by atoms with Crippen molar-refractivity contribution < 1.29 is 0 Å². The number of allylic oxidation sites excluding steroid dienone is 1. The fourth-order valence-corrected chi connectivity index (χ4v) is 0.793. The molecule has 0 unspecified atom stereocenters. The molecular weight excluding hydrogens is 146 g/mol. The Kier molecular flexibility index (Phi) is 3.69. The van der Waals surface area contributed by atoms with E-state index in [9.17, 15) is 0 Å². The highest BCUT2D eigenvalue weighted by Crippen LogP contribution is 2.19. The zero-order valence-corrected chi connectivity index (χ0v) is 9.02. The minimum atomic E-state index is 0.0401. The van der Waals surface area contributed by atoms with E-state index in [2.05, 4.69) is 46.2 Å². The highest BCUT2D eigenvalue weighted by atomic mass is 14.8. The zero-order chi connectivity index (χ0) is 9.83. The van der Waals surface area contributed by atoms with E-state index >= 15 is 0 Å². The molecule has 0 radical (unpaired) electrons. The predicted octanol–water partition coefficient (Wildman–Crippen LogP) is 3.46. The maximum atomic E-state index is 4.47. The zero-order valence-electron chi connectivity index (χ0n) is 9.02. The minimum absolute atomic E-state index is 0.0401. The molecule has 1 nitrogen and oxygen atoms in total. The third-order valence-electron chi connectivity index (χ3n) is 1.47. The molecule has 0 aliphatic carbocycles. The molecule has 0 fully saturated rings. The number of hydrogen-bond acceptors (Lipinski definition) is 1. The molecule has 0 atom stereocenters. The van der Waals surface area contributed by atoms with Gasteiger partial charge < -0.3 is 0 Å². The Morgan fingerprint density at radius 3 is 2.00 bits per heavy atom. The summed E-state index contributed by atoms with van der Waals surface area (Å²) < 4.78 is 0. The lowest BCUT2D eigenvalue weighted by Gasteiger charge is -2.20. The van der Waals surface area contributed by atoms with Crippen molar-refractivity contribution >= 4 is 6.21 Å². The van der Waals surface area contributed by atoms with Gasteiger partial charge >= 0.3 is 0 Å². The van der Waals surface area contributed by atoms with Gasteiger partial charge in [0.1, 0.15) is 0 Å². The van der Waals surface area contributed by atoms with Crippen molar-refractivity contribution in [3.63, 3.8) is 0 Å². The standard InChI is InChI=1S/C11H21N/c1-7-8-11(5,6)9-12-10(2,3)4/h7,9H,1,8H2,2-6H3. The first-order valence-electron chi connectivity index (χ1n) is 4.44. The Hall–Kier alpha value is -0.590. The van der Waals surface area contributed by atoms with Crippen LogP contribution in [0.5, 0.6) is 0 Å². The summed E-state index contributed by atoms with van der Waals surface area (Å²) in [5.74, 6) is 0. The molecule has 0 saturated carbocycles. The Balaban J connectivity index is 4.22. The van der Waals surface area contributed by atoms with Crippen LogP contribution in [0.25, 0.3) is 0 Å². The average Bonchev–Trinajstić information content (AvgIpc) is 1.83. The van der Waals surface area contributed by atoms with Gasteiger partial charge in [0.05, 0.1) is 5.54 Å². The van der Waals surface area contributed by atoms with Crippen LogP contribution in [0.1, 0.15) is 41.0 Å². The summed E-state index contributed by atoms with van der Waals surface area (Å²) in [6, 6.07) is 0. The first-order valence-corrected chi connectivity index (χ1v) is 4.44. The molecule has 0 bridgehead atoms. The van der Waals surface area contributed by atoms with Gasteiger partial charge in [0, 0.05) is 11.6 Å². The highest BCUT2D eigenvalue weighted by molar-refractivity contribution is 5.65. The van der Waals surface area contributed by atoms with Gasteiger partial charge in [-0.2, -0.15) is 0 Å². The molecule has 70 valence electrons. The van der Waals surface area contributed by atoms with Crippen molar-refractivity contribution in [2.75, 3.05) is 0 Å². The van der Waals surface area contributed by atoms with E-state index in [0.717, 1.165) is 6.42 Å². The lowest BCUT2D eigenvalue weighted by molar-refractivity contribution is 0.521. The molecule has 0 heterocycles. The Labute approximate surface area is 76.6 Å². The van der Waals surface area contributed by atoms with Crippen LogP contribution in [0.4, 0.5) is 0 Å². The molecule has 0 aromatic heterocycles. The van der Waals surface area contributed by atoms with Crippen molar-refractivity contribution in [2.24, 2.45) is 10.4 Å². The third kappa shape index (κ3) is 6.14. The molecule has 1 heteroatoms. The average molecular weight is 167 g/mol. The van der Waals surface area contributed by atoms with E-state index in [0.29, 0.717) is 0 Å². The van der Waals surface area contributed by atoms with Crippen molar-refractivity contribution in [1.29, 1.82) is 0 Å². The van der Waals surface area contributed by atoms with E-state index < -0.39 is 0 Å². The summed E-state index contributed by atoms with van der Waals surface area (Å²) in [5.41, 5.74) is 0.188. The van der Waals surface area contributed by atoms with Crippen LogP contribution in [-0.4, -0.2) is 11.8 Å². The summed E-state index contributed by atoms with van der Waals surface area (Å²) in [6.45, 7) is 14.4. The second-order valence-electron chi connectivity index (χ2n) is 4.91. The van der Waals surface area contributed by atoms with E-state index in [-0.39, 0.29) is 11.0 Å². The quantitative estimate of drug-likeness (QED) is 0.451. The monoisotopic (exact) mass is 167 g/mol. The molecule has 0 aliphatic heterocycles.